The molecule has 17 heavy (non-hydrogen) atoms. The minimum atomic E-state index is -0.778. The van der Waals surface area contributed by atoms with E-state index >= 15 is 0 Å². The van der Waals surface area contributed by atoms with Crippen LogP contribution in [0.1, 0.15) is 0 Å². The summed E-state index contributed by atoms with van der Waals surface area (Å²) < 4.78 is 8.67. The number of hydrogen-bond donors (Lipinski definition) is 3. The Morgan fingerprint density at radius 3 is 1.76 bits per heavy atom. The molecule has 0 fully saturated rings. The third-order valence-electron chi connectivity index (χ3n) is 1.45. The summed E-state index contributed by atoms with van der Waals surface area (Å²) in [4.78, 5) is 32.7. The monoisotopic (exact) mass is 242 g/mol. The molecule has 0 aliphatic rings. The quantitative estimate of drug-likeness (QED) is 0.647. The Balaban J connectivity index is 2.86. The van der Waals surface area contributed by atoms with Crippen molar-refractivity contribution in [3.63, 3.8) is 0 Å². The molecule has 0 aromatic carbocycles. The molecule has 0 atom stereocenters. The first-order chi connectivity index (χ1) is 8.05. The van der Waals surface area contributed by atoms with Crippen molar-refractivity contribution < 1.29 is 19.1 Å². The molecule has 10 heteroatoms. The van der Waals surface area contributed by atoms with Gasteiger partial charge in [-0.05, 0) is 0 Å². The second-order valence-corrected chi connectivity index (χ2v) is 2.57. The SMILES string of the molecule is COC(=O)Nc1nc(N)nc(NC(=O)OC)n1. The number of ether oxygens (including phenoxy) is 2. The van der Waals surface area contributed by atoms with Crippen LogP contribution in [0.3, 0.4) is 0 Å². The number of anilines is 3. The molecular formula is C7H10N6O4. The van der Waals surface area contributed by atoms with Crippen LogP contribution in [-0.4, -0.2) is 41.4 Å². The van der Waals surface area contributed by atoms with E-state index in [1.165, 1.54) is 14.2 Å². The second-order valence-electron chi connectivity index (χ2n) is 2.57. The van der Waals surface area contributed by atoms with E-state index in [4.69, 9.17) is 5.73 Å². The highest BCUT2D eigenvalue weighted by Crippen LogP contribution is 2.07. The molecule has 1 heterocycles. The normalized spacial score (nSPS) is 9.29. The Morgan fingerprint density at radius 2 is 1.41 bits per heavy atom. The number of hydrogen-bond acceptors (Lipinski definition) is 8. The van der Waals surface area contributed by atoms with Gasteiger partial charge in [-0.1, -0.05) is 0 Å². The Kier molecular flexibility index (Phi) is 3.97. The van der Waals surface area contributed by atoms with Crippen molar-refractivity contribution in [2.24, 2.45) is 0 Å². The fraction of sp³-hybridized carbons (Fsp3) is 0.286. The zero-order valence-electron chi connectivity index (χ0n) is 9.05. The van der Waals surface area contributed by atoms with E-state index in [0.29, 0.717) is 0 Å². The fourth-order valence-electron chi connectivity index (χ4n) is 0.789. The van der Waals surface area contributed by atoms with Crippen LogP contribution in [0.25, 0.3) is 0 Å². The molecule has 0 saturated carbocycles. The lowest BCUT2D eigenvalue weighted by Crippen LogP contribution is -2.18. The fourth-order valence-corrected chi connectivity index (χ4v) is 0.789. The van der Waals surface area contributed by atoms with Crippen molar-refractivity contribution in [3.8, 4) is 0 Å². The highest BCUT2D eigenvalue weighted by atomic mass is 16.5. The zero-order valence-corrected chi connectivity index (χ0v) is 9.05. The summed E-state index contributed by atoms with van der Waals surface area (Å²) in [6.07, 6.45) is -1.56. The van der Waals surface area contributed by atoms with Crippen LogP contribution in [0, 0.1) is 0 Å². The van der Waals surface area contributed by atoms with Gasteiger partial charge in [0.1, 0.15) is 0 Å². The van der Waals surface area contributed by atoms with Gasteiger partial charge < -0.3 is 15.2 Å². The van der Waals surface area contributed by atoms with E-state index < -0.39 is 12.2 Å². The molecule has 0 aliphatic carbocycles. The number of amides is 2. The molecule has 1 rings (SSSR count). The lowest BCUT2D eigenvalue weighted by Gasteiger charge is -2.05. The van der Waals surface area contributed by atoms with Gasteiger partial charge in [-0.15, -0.1) is 0 Å². The van der Waals surface area contributed by atoms with Gasteiger partial charge in [0.15, 0.2) is 0 Å². The summed E-state index contributed by atoms with van der Waals surface area (Å²) in [5, 5.41) is 4.34. The number of rotatable bonds is 2. The molecule has 1 aromatic rings. The maximum absolute atomic E-state index is 10.9. The number of aromatic nitrogens is 3. The predicted octanol–water partition coefficient (Wildman–Crippen LogP) is -0.190. The lowest BCUT2D eigenvalue weighted by molar-refractivity contribution is 0.186. The third-order valence-corrected chi connectivity index (χ3v) is 1.45. The maximum atomic E-state index is 10.9. The van der Waals surface area contributed by atoms with E-state index in [0.717, 1.165) is 0 Å². The number of carbonyl (C=O) groups excluding carboxylic acids is 2. The molecule has 0 aliphatic heterocycles. The maximum Gasteiger partial charge on any atom is 0.413 e. The molecule has 0 radical (unpaired) electrons. The van der Waals surface area contributed by atoms with Crippen LogP contribution >= 0.6 is 0 Å². The van der Waals surface area contributed by atoms with Gasteiger partial charge >= 0.3 is 12.2 Å². The van der Waals surface area contributed by atoms with Gasteiger partial charge in [-0.3, -0.25) is 10.6 Å². The minimum absolute atomic E-state index is 0.157. The van der Waals surface area contributed by atoms with Crippen molar-refractivity contribution in [1.29, 1.82) is 0 Å². The molecule has 0 unspecified atom stereocenters. The van der Waals surface area contributed by atoms with Crippen LogP contribution in [-0.2, 0) is 9.47 Å². The molecule has 0 spiro atoms. The van der Waals surface area contributed by atoms with Crippen LogP contribution in [0.15, 0.2) is 0 Å². The van der Waals surface area contributed by atoms with Crippen molar-refractivity contribution in [1.82, 2.24) is 15.0 Å². The number of carbonyl (C=O) groups is 2. The molecule has 10 nitrogen and oxygen atoms in total. The first kappa shape index (κ1) is 12.4. The average Bonchev–Trinajstić information content (AvgIpc) is 2.27. The van der Waals surface area contributed by atoms with Crippen molar-refractivity contribution in [2.45, 2.75) is 0 Å². The molecule has 92 valence electrons. The summed E-state index contributed by atoms with van der Waals surface area (Å²) >= 11 is 0. The molecule has 0 bridgehead atoms. The van der Waals surface area contributed by atoms with E-state index in [1.54, 1.807) is 0 Å². The molecule has 1 aromatic heterocycles. The highest BCUT2D eigenvalue weighted by Gasteiger charge is 2.10. The molecule has 2 amide bonds. The summed E-state index contributed by atoms with van der Waals surface area (Å²) in [7, 11) is 2.35. The molecule has 4 N–H and O–H groups in total. The van der Waals surface area contributed by atoms with E-state index in [-0.39, 0.29) is 17.8 Å². The zero-order chi connectivity index (χ0) is 12.8. The summed E-state index contributed by atoms with van der Waals surface area (Å²) in [5.41, 5.74) is 5.35. The summed E-state index contributed by atoms with van der Waals surface area (Å²) in [5.74, 6) is -0.496. The number of nitrogen functional groups attached to an aromatic ring is 1. The van der Waals surface area contributed by atoms with Gasteiger partial charge in [0.05, 0.1) is 14.2 Å². The smallest absolute Gasteiger partial charge is 0.413 e. The third kappa shape index (κ3) is 3.77. The van der Waals surface area contributed by atoms with Crippen molar-refractivity contribution >= 4 is 30.0 Å². The first-order valence-electron chi connectivity index (χ1n) is 4.26. The van der Waals surface area contributed by atoms with Gasteiger partial charge in [0.25, 0.3) is 0 Å². The van der Waals surface area contributed by atoms with E-state index in [1.807, 2.05) is 0 Å². The van der Waals surface area contributed by atoms with Crippen LogP contribution in [0.2, 0.25) is 0 Å². The Bertz CT molecular complexity index is 400. The highest BCUT2D eigenvalue weighted by molar-refractivity contribution is 5.84. The Labute approximate surface area is 95.5 Å². The van der Waals surface area contributed by atoms with Gasteiger partial charge in [0.2, 0.25) is 17.8 Å². The number of nitrogens with zero attached hydrogens (tertiary/aromatic N) is 3. The summed E-state index contributed by atoms with van der Waals surface area (Å²) in [6.45, 7) is 0. The number of nitrogens with one attached hydrogen (secondary N) is 2. The lowest BCUT2D eigenvalue weighted by atomic mass is 10.8. The topological polar surface area (TPSA) is 141 Å². The van der Waals surface area contributed by atoms with E-state index in [9.17, 15) is 9.59 Å². The van der Waals surface area contributed by atoms with Gasteiger partial charge in [0, 0.05) is 0 Å². The predicted molar refractivity (Wildman–Crippen MR) is 56.3 cm³/mol. The number of methoxy groups -OCH3 is 2. The van der Waals surface area contributed by atoms with Gasteiger partial charge in [-0.2, -0.15) is 15.0 Å². The largest absolute Gasteiger partial charge is 0.453 e. The number of nitrogens with two attached hydrogens (primary N) is 1. The van der Waals surface area contributed by atoms with Crippen molar-refractivity contribution in [3.05, 3.63) is 0 Å². The van der Waals surface area contributed by atoms with Crippen LogP contribution in [0.5, 0.6) is 0 Å². The first-order valence-corrected chi connectivity index (χ1v) is 4.26. The second kappa shape index (κ2) is 5.44. The molecule has 0 saturated heterocycles. The van der Waals surface area contributed by atoms with Crippen molar-refractivity contribution in [2.75, 3.05) is 30.6 Å². The standard InChI is InChI=1S/C7H10N6O4/c1-16-6(14)12-4-9-3(8)10-5(11-4)13-7(15)17-2/h1-2H3,(H4,8,9,10,11,12,13,14,15). The Hall–Kier alpha value is -2.65. The molecular weight excluding hydrogens is 232 g/mol. The van der Waals surface area contributed by atoms with Crippen LogP contribution in [0.4, 0.5) is 27.4 Å². The van der Waals surface area contributed by atoms with Gasteiger partial charge in [-0.25, -0.2) is 9.59 Å². The Morgan fingerprint density at radius 1 is 1.00 bits per heavy atom. The van der Waals surface area contributed by atoms with Crippen LogP contribution < -0.4 is 16.4 Å². The summed E-state index contributed by atoms with van der Waals surface area (Å²) in [6, 6.07) is 0. The average molecular weight is 242 g/mol. The van der Waals surface area contributed by atoms with E-state index in [2.05, 4.69) is 35.1 Å². The minimum Gasteiger partial charge on any atom is -0.453 e.